The van der Waals surface area contributed by atoms with Crippen molar-refractivity contribution in [3.63, 3.8) is 0 Å². The van der Waals surface area contributed by atoms with Crippen LogP contribution in [0.3, 0.4) is 0 Å². The first kappa shape index (κ1) is 13.7. The number of rotatable bonds is 2. The van der Waals surface area contributed by atoms with E-state index < -0.39 is 0 Å². The Labute approximate surface area is 142 Å². The van der Waals surface area contributed by atoms with Crippen LogP contribution in [0.25, 0.3) is 0 Å². The molecular weight excluding hydrogens is 356 g/mol. The predicted octanol–water partition coefficient (Wildman–Crippen LogP) is 2.98. The number of benzene rings is 1. The fourth-order valence-electron chi connectivity index (χ4n) is 4.89. The number of hydrogen-bond donors (Lipinski definition) is 0. The Balaban J connectivity index is 1.44. The predicted molar refractivity (Wildman–Crippen MR) is 88.4 cm³/mol. The molecule has 4 nitrogen and oxygen atoms in total. The lowest BCUT2D eigenvalue weighted by Crippen LogP contribution is -2.30. The van der Waals surface area contributed by atoms with E-state index in [1.54, 1.807) is 6.21 Å². The first-order valence-electron chi connectivity index (χ1n) is 7.97. The van der Waals surface area contributed by atoms with E-state index in [-0.39, 0.29) is 40.9 Å². The van der Waals surface area contributed by atoms with Crippen molar-refractivity contribution in [2.24, 2.45) is 34.2 Å². The molecule has 1 aromatic rings. The van der Waals surface area contributed by atoms with Gasteiger partial charge in [0.2, 0.25) is 0 Å². The minimum Gasteiger partial charge on any atom is -0.272 e. The summed E-state index contributed by atoms with van der Waals surface area (Å²) in [6.07, 6.45) is 8.25. The first-order valence-corrected chi connectivity index (χ1v) is 8.77. The zero-order chi connectivity index (χ0) is 15.8. The molecule has 116 valence electrons. The topological polar surface area (TPSA) is 49.7 Å². The number of amides is 2. The van der Waals surface area contributed by atoms with E-state index in [1.807, 2.05) is 24.3 Å². The molecule has 3 aliphatic carbocycles. The van der Waals surface area contributed by atoms with Crippen LogP contribution < -0.4 is 0 Å². The van der Waals surface area contributed by atoms with Gasteiger partial charge in [-0.05, 0) is 47.8 Å². The third-order valence-electron chi connectivity index (χ3n) is 6.00. The fourth-order valence-corrected chi connectivity index (χ4v) is 5.30. The van der Waals surface area contributed by atoms with Crippen LogP contribution in [0.1, 0.15) is 18.4 Å². The van der Waals surface area contributed by atoms with E-state index >= 15 is 0 Å². The van der Waals surface area contributed by atoms with Gasteiger partial charge in [0.25, 0.3) is 11.8 Å². The largest absolute Gasteiger partial charge is 0.272 e. The van der Waals surface area contributed by atoms with Gasteiger partial charge in [0.15, 0.2) is 0 Å². The van der Waals surface area contributed by atoms with Crippen molar-refractivity contribution in [1.82, 2.24) is 5.01 Å². The van der Waals surface area contributed by atoms with Crippen LogP contribution in [-0.2, 0) is 9.59 Å². The first-order chi connectivity index (χ1) is 11.1. The van der Waals surface area contributed by atoms with Crippen molar-refractivity contribution in [3.8, 4) is 0 Å². The van der Waals surface area contributed by atoms with Gasteiger partial charge in [-0.3, -0.25) is 9.59 Å². The minimum atomic E-state index is -0.181. The Bertz CT molecular complexity index is 762. The molecular formula is C18H15BrN2O2. The summed E-state index contributed by atoms with van der Waals surface area (Å²) >= 11 is 3.40. The van der Waals surface area contributed by atoms with Crippen molar-refractivity contribution in [3.05, 3.63) is 46.5 Å². The van der Waals surface area contributed by atoms with Crippen molar-refractivity contribution < 1.29 is 9.59 Å². The molecule has 0 radical (unpaired) electrons. The number of halogens is 1. The molecule has 2 bridgehead atoms. The molecule has 1 aromatic carbocycles. The summed E-state index contributed by atoms with van der Waals surface area (Å²) < 4.78 is 0.940. The van der Waals surface area contributed by atoms with Crippen molar-refractivity contribution in [1.29, 1.82) is 0 Å². The highest BCUT2D eigenvalue weighted by atomic mass is 79.9. The summed E-state index contributed by atoms with van der Waals surface area (Å²) in [6.45, 7) is 0. The van der Waals surface area contributed by atoms with Crippen LogP contribution in [-0.4, -0.2) is 23.0 Å². The smallest absolute Gasteiger partial charge is 0.254 e. The summed E-state index contributed by atoms with van der Waals surface area (Å²) in [6, 6.07) is 7.62. The number of allylic oxidation sites excluding steroid dienone is 2. The Morgan fingerprint density at radius 1 is 1.13 bits per heavy atom. The van der Waals surface area contributed by atoms with Gasteiger partial charge in [-0.1, -0.05) is 40.2 Å². The van der Waals surface area contributed by atoms with E-state index in [4.69, 9.17) is 0 Å². The SMILES string of the molecule is O=C1C2C(C(=O)N1/N=C/c1cccc(Br)c1)C1C=CC2C12CC2. The molecule has 4 atom stereocenters. The van der Waals surface area contributed by atoms with Crippen LogP contribution in [0.4, 0.5) is 0 Å². The van der Waals surface area contributed by atoms with Crippen molar-refractivity contribution in [2.75, 3.05) is 0 Å². The van der Waals surface area contributed by atoms with E-state index in [2.05, 4.69) is 33.2 Å². The number of fused-ring (bicyclic) bond motifs is 3. The average Bonchev–Trinajstić information content (AvgIpc) is 3.13. The molecule has 3 fully saturated rings. The number of nitrogens with zero attached hydrogens (tertiary/aromatic N) is 2. The van der Waals surface area contributed by atoms with Crippen molar-refractivity contribution in [2.45, 2.75) is 12.8 Å². The Hall–Kier alpha value is -1.75. The molecule has 23 heavy (non-hydrogen) atoms. The van der Waals surface area contributed by atoms with Crippen molar-refractivity contribution >= 4 is 34.0 Å². The second-order valence-electron chi connectivity index (χ2n) is 7.01. The highest BCUT2D eigenvalue weighted by Gasteiger charge is 2.73. The fraction of sp³-hybridized carbons (Fsp3) is 0.389. The third-order valence-corrected chi connectivity index (χ3v) is 6.49. The average molecular weight is 371 g/mol. The Morgan fingerprint density at radius 3 is 2.35 bits per heavy atom. The lowest BCUT2D eigenvalue weighted by atomic mass is 9.85. The van der Waals surface area contributed by atoms with Gasteiger partial charge in [0.1, 0.15) is 0 Å². The highest BCUT2D eigenvalue weighted by molar-refractivity contribution is 9.10. The zero-order valence-corrected chi connectivity index (χ0v) is 13.9. The van der Waals surface area contributed by atoms with E-state index in [1.165, 1.54) is 0 Å². The second kappa shape index (κ2) is 4.41. The van der Waals surface area contributed by atoms with Gasteiger partial charge in [-0.2, -0.15) is 10.1 Å². The minimum absolute atomic E-state index is 0.116. The van der Waals surface area contributed by atoms with Gasteiger partial charge in [-0.15, -0.1) is 0 Å². The second-order valence-corrected chi connectivity index (χ2v) is 7.92. The quantitative estimate of drug-likeness (QED) is 0.456. The number of carbonyl (C=O) groups is 2. The standard InChI is InChI=1S/C18H15BrN2O2/c19-11-3-1-2-10(8-11)9-20-21-16(22)14-12-4-5-13(15(14)17(21)23)18(12)6-7-18/h1-5,8-9,12-15H,6-7H2/b20-9+. The van der Waals surface area contributed by atoms with E-state index in [0.717, 1.165) is 27.9 Å². The number of imide groups is 1. The number of carbonyl (C=O) groups excluding carboxylic acids is 2. The molecule has 1 spiro atoms. The molecule has 0 N–H and O–H groups in total. The molecule has 1 aliphatic heterocycles. The number of hydrazone groups is 1. The Kier molecular flexibility index (Phi) is 2.62. The molecule has 4 aliphatic rings. The summed E-state index contributed by atoms with van der Waals surface area (Å²) in [5, 5.41) is 5.31. The van der Waals surface area contributed by atoms with Crippen LogP contribution in [0, 0.1) is 29.1 Å². The lowest BCUT2D eigenvalue weighted by molar-refractivity contribution is -0.141. The monoisotopic (exact) mass is 370 g/mol. The Morgan fingerprint density at radius 2 is 1.78 bits per heavy atom. The normalized spacial score (nSPS) is 35.8. The lowest BCUT2D eigenvalue weighted by Gasteiger charge is -2.18. The van der Waals surface area contributed by atoms with Crippen LogP contribution in [0.5, 0.6) is 0 Å². The van der Waals surface area contributed by atoms with Gasteiger partial charge in [0, 0.05) is 4.47 Å². The molecule has 5 rings (SSSR count). The molecule has 2 saturated carbocycles. The summed E-state index contributed by atoms with van der Waals surface area (Å²) in [5.41, 5.74) is 1.10. The van der Waals surface area contributed by atoms with Crippen LogP contribution in [0.2, 0.25) is 0 Å². The molecule has 1 heterocycles. The van der Waals surface area contributed by atoms with Gasteiger partial charge in [-0.25, -0.2) is 0 Å². The van der Waals surface area contributed by atoms with Gasteiger partial charge >= 0.3 is 0 Å². The van der Waals surface area contributed by atoms with E-state index in [9.17, 15) is 9.59 Å². The maximum Gasteiger partial charge on any atom is 0.254 e. The molecule has 1 saturated heterocycles. The van der Waals surface area contributed by atoms with Crippen LogP contribution in [0.15, 0.2) is 46.0 Å². The highest BCUT2D eigenvalue weighted by Crippen LogP contribution is 2.73. The third kappa shape index (κ3) is 1.69. The molecule has 0 aromatic heterocycles. The molecule has 5 heteroatoms. The van der Waals surface area contributed by atoms with Gasteiger partial charge < -0.3 is 0 Å². The molecule has 4 unspecified atom stereocenters. The van der Waals surface area contributed by atoms with Crippen LogP contribution >= 0.6 is 15.9 Å². The zero-order valence-electron chi connectivity index (χ0n) is 12.4. The van der Waals surface area contributed by atoms with E-state index in [0.29, 0.717) is 0 Å². The molecule has 2 amide bonds. The summed E-state index contributed by atoms with van der Waals surface area (Å²) in [4.78, 5) is 25.5. The summed E-state index contributed by atoms with van der Waals surface area (Å²) in [5.74, 6) is -0.0943. The maximum atomic E-state index is 12.7. The summed E-state index contributed by atoms with van der Waals surface area (Å²) in [7, 11) is 0. The number of hydrogen-bond acceptors (Lipinski definition) is 3. The maximum absolute atomic E-state index is 12.7. The van der Waals surface area contributed by atoms with Gasteiger partial charge in [0.05, 0.1) is 18.1 Å².